The van der Waals surface area contributed by atoms with Crippen LogP contribution in [0.5, 0.6) is 0 Å². The Morgan fingerprint density at radius 3 is 1.52 bits per heavy atom. The van der Waals surface area contributed by atoms with Gasteiger partial charge in [0.25, 0.3) is 0 Å². The van der Waals surface area contributed by atoms with Crippen molar-refractivity contribution in [3.63, 3.8) is 0 Å². The van der Waals surface area contributed by atoms with Gasteiger partial charge < -0.3 is 5.32 Å². The average molecular weight is 366 g/mol. The summed E-state index contributed by atoms with van der Waals surface area (Å²) in [5.74, 6) is -1.80. The molecule has 1 N–H and O–H groups in total. The second kappa shape index (κ2) is 13.5. The van der Waals surface area contributed by atoms with Crippen LogP contribution in [-0.4, -0.2) is 17.6 Å². The molecule has 1 amide bonds. The largest absolute Gasteiger partial charge is 0.471 e. The first kappa shape index (κ1) is 24.3. The molecule has 0 fully saturated rings. The summed E-state index contributed by atoms with van der Waals surface area (Å²) in [6.45, 7) is 6.03. The van der Waals surface area contributed by atoms with Crippen LogP contribution in [-0.2, 0) is 4.79 Å². The Bertz CT molecular complexity index is 344. The van der Waals surface area contributed by atoms with Crippen LogP contribution in [0.4, 0.5) is 13.2 Å². The minimum atomic E-state index is -4.80. The van der Waals surface area contributed by atoms with E-state index in [2.05, 4.69) is 19.2 Å². The van der Waals surface area contributed by atoms with Crippen LogP contribution in [0.1, 0.15) is 111 Å². The SMILES string of the molecule is CCCCCCCCCCCC(C)(CCCCC)NC(=O)C(F)(F)F. The number of carbonyl (C=O) groups is 1. The third-order valence-electron chi connectivity index (χ3n) is 4.84. The van der Waals surface area contributed by atoms with Crippen molar-refractivity contribution < 1.29 is 18.0 Å². The molecule has 1 atom stereocenters. The van der Waals surface area contributed by atoms with E-state index >= 15 is 0 Å². The summed E-state index contributed by atoms with van der Waals surface area (Å²) in [5.41, 5.74) is -0.747. The summed E-state index contributed by atoms with van der Waals surface area (Å²) in [6, 6.07) is 0. The first-order valence-electron chi connectivity index (χ1n) is 10.1. The van der Waals surface area contributed by atoms with Crippen molar-refractivity contribution in [1.82, 2.24) is 5.32 Å². The fraction of sp³-hybridized carbons (Fsp3) is 0.950. The summed E-state index contributed by atoms with van der Waals surface area (Å²) in [7, 11) is 0. The van der Waals surface area contributed by atoms with Crippen LogP contribution in [0.15, 0.2) is 0 Å². The lowest BCUT2D eigenvalue weighted by Gasteiger charge is -2.31. The lowest BCUT2D eigenvalue weighted by Crippen LogP contribution is -2.51. The van der Waals surface area contributed by atoms with Crippen molar-refractivity contribution in [3.05, 3.63) is 0 Å². The molecule has 0 radical (unpaired) electrons. The molecule has 0 aromatic rings. The molecule has 25 heavy (non-hydrogen) atoms. The maximum absolute atomic E-state index is 12.6. The molecule has 0 aromatic carbocycles. The van der Waals surface area contributed by atoms with Crippen molar-refractivity contribution in [2.24, 2.45) is 0 Å². The maximum atomic E-state index is 12.6. The van der Waals surface area contributed by atoms with E-state index in [0.29, 0.717) is 12.8 Å². The molecule has 0 saturated heterocycles. The first-order valence-corrected chi connectivity index (χ1v) is 10.1. The molecule has 0 aliphatic carbocycles. The monoisotopic (exact) mass is 365 g/mol. The number of alkyl halides is 3. The van der Waals surface area contributed by atoms with Crippen molar-refractivity contribution in [2.45, 2.75) is 122 Å². The molecular formula is C20H38F3NO. The minimum absolute atomic E-state index is 0.611. The van der Waals surface area contributed by atoms with Gasteiger partial charge in [-0.25, -0.2) is 0 Å². The number of unbranched alkanes of at least 4 members (excludes halogenated alkanes) is 10. The van der Waals surface area contributed by atoms with Crippen molar-refractivity contribution in [1.29, 1.82) is 0 Å². The highest BCUT2D eigenvalue weighted by molar-refractivity contribution is 5.82. The van der Waals surface area contributed by atoms with Crippen molar-refractivity contribution in [3.8, 4) is 0 Å². The second-order valence-electron chi connectivity index (χ2n) is 7.55. The quantitative estimate of drug-likeness (QED) is 0.313. The van der Waals surface area contributed by atoms with E-state index in [4.69, 9.17) is 0 Å². The number of amides is 1. The highest BCUT2D eigenvalue weighted by Gasteiger charge is 2.42. The number of hydrogen-bond acceptors (Lipinski definition) is 1. The van der Waals surface area contributed by atoms with Gasteiger partial charge in [0, 0.05) is 5.54 Å². The third-order valence-corrected chi connectivity index (χ3v) is 4.84. The van der Waals surface area contributed by atoms with Crippen LogP contribution in [0.2, 0.25) is 0 Å². The highest BCUT2D eigenvalue weighted by Crippen LogP contribution is 2.25. The molecule has 0 heterocycles. The van der Waals surface area contributed by atoms with Gasteiger partial charge in [-0.1, -0.05) is 90.9 Å². The van der Waals surface area contributed by atoms with Gasteiger partial charge in [-0.3, -0.25) is 4.79 Å². The summed E-state index contributed by atoms with van der Waals surface area (Å²) < 4.78 is 37.7. The summed E-state index contributed by atoms with van der Waals surface area (Å²) >= 11 is 0. The summed E-state index contributed by atoms with van der Waals surface area (Å²) in [4.78, 5) is 11.3. The molecule has 5 heteroatoms. The standard InChI is InChI=1S/C20H38F3NO/c1-4-6-8-9-10-11-12-13-15-17-19(3,16-14-7-5-2)24-18(25)20(21,22)23/h4-17H2,1-3H3,(H,24,25). The number of rotatable bonds is 15. The van der Waals surface area contributed by atoms with E-state index in [9.17, 15) is 18.0 Å². The smallest absolute Gasteiger partial charge is 0.343 e. The molecule has 1 unspecified atom stereocenters. The van der Waals surface area contributed by atoms with E-state index in [-0.39, 0.29) is 0 Å². The Hall–Kier alpha value is -0.740. The van der Waals surface area contributed by atoms with E-state index in [1.165, 1.54) is 38.5 Å². The van der Waals surface area contributed by atoms with Crippen LogP contribution >= 0.6 is 0 Å². The van der Waals surface area contributed by atoms with Gasteiger partial charge in [-0.05, 0) is 19.8 Å². The van der Waals surface area contributed by atoms with Gasteiger partial charge in [0.1, 0.15) is 0 Å². The third kappa shape index (κ3) is 13.2. The summed E-state index contributed by atoms with van der Waals surface area (Å²) in [6.07, 6.45) is 9.88. The van der Waals surface area contributed by atoms with Gasteiger partial charge in [-0.15, -0.1) is 0 Å². The van der Waals surface area contributed by atoms with Gasteiger partial charge in [0.05, 0.1) is 0 Å². The predicted molar refractivity (Wildman–Crippen MR) is 98.6 cm³/mol. The Labute approximate surface area is 152 Å². The average Bonchev–Trinajstić information content (AvgIpc) is 2.52. The zero-order valence-electron chi connectivity index (χ0n) is 16.4. The minimum Gasteiger partial charge on any atom is -0.343 e. The molecular weight excluding hydrogens is 327 g/mol. The topological polar surface area (TPSA) is 29.1 Å². The Balaban J connectivity index is 4.15. The van der Waals surface area contributed by atoms with Gasteiger partial charge >= 0.3 is 12.1 Å². The van der Waals surface area contributed by atoms with Gasteiger partial charge in [0.15, 0.2) is 0 Å². The number of hydrogen-bond donors (Lipinski definition) is 1. The second-order valence-corrected chi connectivity index (χ2v) is 7.55. The lowest BCUT2D eigenvalue weighted by atomic mass is 9.88. The zero-order chi connectivity index (χ0) is 19.2. The van der Waals surface area contributed by atoms with Crippen LogP contribution in [0, 0.1) is 0 Å². The van der Waals surface area contributed by atoms with Crippen LogP contribution < -0.4 is 5.32 Å². The molecule has 0 aromatic heterocycles. The fourth-order valence-corrected chi connectivity index (χ4v) is 3.19. The van der Waals surface area contributed by atoms with Crippen LogP contribution in [0.3, 0.4) is 0 Å². The number of nitrogens with one attached hydrogen (secondary N) is 1. The van der Waals surface area contributed by atoms with Crippen LogP contribution in [0.25, 0.3) is 0 Å². The normalized spacial score (nSPS) is 14.3. The fourth-order valence-electron chi connectivity index (χ4n) is 3.19. The van der Waals surface area contributed by atoms with Gasteiger partial charge in [0.2, 0.25) is 0 Å². The Morgan fingerprint density at radius 2 is 1.08 bits per heavy atom. The molecule has 2 nitrogen and oxygen atoms in total. The zero-order valence-corrected chi connectivity index (χ0v) is 16.4. The maximum Gasteiger partial charge on any atom is 0.471 e. The van der Waals surface area contributed by atoms with E-state index < -0.39 is 17.6 Å². The molecule has 0 spiro atoms. The molecule has 0 bridgehead atoms. The Morgan fingerprint density at radius 1 is 0.720 bits per heavy atom. The highest BCUT2D eigenvalue weighted by atomic mass is 19.4. The molecule has 0 aliphatic rings. The molecule has 150 valence electrons. The molecule has 0 aliphatic heterocycles. The van der Waals surface area contributed by atoms with E-state index in [1.54, 1.807) is 6.92 Å². The molecule has 0 rings (SSSR count). The van der Waals surface area contributed by atoms with Crippen molar-refractivity contribution in [2.75, 3.05) is 0 Å². The lowest BCUT2D eigenvalue weighted by molar-refractivity contribution is -0.175. The van der Waals surface area contributed by atoms with Crippen molar-refractivity contribution >= 4 is 5.91 Å². The van der Waals surface area contributed by atoms with Gasteiger partial charge in [-0.2, -0.15) is 13.2 Å². The number of carbonyl (C=O) groups excluding carboxylic acids is 1. The molecule has 0 saturated carbocycles. The van der Waals surface area contributed by atoms with E-state index in [1.807, 2.05) is 0 Å². The van der Waals surface area contributed by atoms with E-state index in [0.717, 1.165) is 38.5 Å². The Kier molecular flexibility index (Phi) is 13.1. The first-order chi connectivity index (χ1) is 11.7. The predicted octanol–water partition coefficient (Wildman–Crippen LogP) is 6.92. The number of halogens is 3. The summed E-state index contributed by atoms with van der Waals surface area (Å²) in [5, 5.41) is 2.25.